The van der Waals surface area contributed by atoms with Crippen LogP contribution in [0.15, 0.2) is 78.9 Å². The zero-order valence-electron chi connectivity index (χ0n) is 21.7. The van der Waals surface area contributed by atoms with Crippen molar-refractivity contribution in [3.05, 3.63) is 95.6 Å². The van der Waals surface area contributed by atoms with E-state index in [2.05, 4.69) is 22.3 Å². The maximum atomic E-state index is 14.3. The highest BCUT2D eigenvalue weighted by Crippen LogP contribution is 2.49. The predicted molar refractivity (Wildman–Crippen MR) is 149 cm³/mol. The second kappa shape index (κ2) is 10.1. The molecule has 192 valence electrons. The fourth-order valence-corrected chi connectivity index (χ4v) is 6.56. The van der Waals surface area contributed by atoms with Gasteiger partial charge in [0, 0.05) is 29.1 Å². The van der Waals surface area contributed by atoms with Crippen molar-refractivity contribution in [2.45, 2.75) is 50.3 Å². The number of anilines is 1. The van der Waals surface area contributed by atoms with Crippen LogP contribution in [0.3, 0.4) is 0 Å². The molecule has 3 aromatic rings. The van der Waals surface area contributed by atoms with E-state index in [0.717, 1.165) is 28.1 Å². The van der Waals surface area contributed by atoms with Gasteiger partial charge in [-0.3, -0.25) is 9.59 Å². The summed E-state index contributed by atoms with van der Waals surface area (Å²) in [5.74, 6) is 1.20. The van der Waals surface area contributed by atoms with Crippen LogP contribution in [0.4, 0.5) is 5.69 Å². The number of nitrogens with one attached hydrogen (secondary N) is 1. The van der Waals surface area contributed by atoms with Crippen LogP contribution in [0.2, 0.25) is 0 Å². The smallest absolute Gasteiger partial charge is 0.247 e. The molecule has 0 saturated carbocycles. The third-order valence-corrected chi connectivity index (χ3v) is 8.06. The number of ether oxygens (including phenoxy) is 1. The zero-order chi connectivity index (χ0) is 26.2. The summed E-state index contributed by atoms with van der Waals surface area (Å²) >= 11 is 1.77. The van der Waals surface area contributed by atoms with Crippen LogP contribution in [-0.2, 0) is 16.1 Å². The Bertz CT molecular complexity index is 1270. The van der Waals surface area contributed by atoms with Crippen LogP contribution in [0, 0.1) is 0 Å². The van der Waals surface area contributed by atoms with Crippen LogP contribution in [-0.4, -0.2) is 41.2 Å². The lowest BCUT2D eigenvalue weighted by Crippen LogP contribution is -2.51. The molecule has 5 rings (SSSR count). The molecule has 7 heteroatoms. The summed E-state index contributed by atoms with van der Waals surface area (Å²) in [7, 11) is 1.63. The number of carbonyl (C=O) groups is 2. The molecule has 1 saturated heterocycles. The van der Waals surface area contributed by atoms with Gasteiger partial charge in [0.05, 0.1) is 7.11 Å². The van der Waals surface area contributed by atoms with Crippen LogP contribution in [0.5, 0.6) is 5.75 Å². The van der Waals surface area contributed by atoms with E-state index in [-0.39, 0.29) is 23.2 Å². The maximum Gasteiger partial charge on any atom is 0.247 e. The first kappa shape index (κ1) is 25.2. The van der Waals surface area contributed by atoms with Crippen molar-refractivity contribution < 1.29 is 14.3 Å². The Balaban J connectivity index is 1.63. The third kappa shape index (κ3) is 5.05. The highest BCUT2D eigenvalue weighted by molar-refractivity contribution is 8.00. The zero-order valence-corrected chi connectivity index (χ0v) is 22.5. The molecular weight excluding hydrogens is 482 g/mol. The molecule has 1 N–H and O–H groups in total. The van der Waals surface area contributed by atoms with E-state index in [1.165, 1.54) is 0 Å². The second-order valence-corrected chi connectivity index (χ2v) is 11.6. The van der Waals surface area contributed by atoms with E-state index in [4.69, 9.17) is 4.74 Å². The van der Waals surface area contributed by atoms with E-state index in [0.29, 0.717) is 12.3 Å². The number of benzene rings is 3. The largest absolute Gasteiger partial charge is 0.497 e. The van der Waals surface area contributed by atoms with Gasteiger partial charge in [-0.25, -0.2) is 0 Å². The number of nitrogens with zero attached hydrogens (tertiary/aromatic N) is 2. The first-order valence-electron chi connectivity index (χ1n) is 12.6. The number of hydrogen-bond acceptors (Lipinski definition) is 5. The van der Waals surface area contributed by atoms with Crippen LogP contribution in [0.1, 0.15) is 48.9 Å². The molecule has 0 aromatic heterocycles. The molecule has 1 fully saturated rings. The molecule has 0 spiro atoms. The van der Waals surface area contributed by atoms with Gasteiger partial charge in [0.2, 0.25) is 11.8 Å². The summed E-state index contributed by atoms with van der Waals surface area (Å²) in [5, 5.41) is 3.13. The van der Waals surface area contributed by atoms with Gasteiger partial charge in [-0.2, -0.15) is 0 Å². The number of thioether (sulfide) groups is 1. The fourth-order valence-electron chi connectivity index (χ4n) is 5.12. The van der Waals surface area contributed by atoms with Gasteiger partial charge in [0.15, 0.2) is 0 Å². The summed E-state index contributed by atoms with van der Waals surface area (Å²) in [5.41, 5.74) is 3.44. The van der Waals surface area contributed by atoms with E-state index in [9.17, 15) is 9.59 Å². The molecular formula is C30H33N3O3S. The van der Waals surface area contributed by atoms with Crippen molar-refractivity contribution in [2.75, 3.05) is 17.8 Å². The quantitative estimate of drug-likeness (QED) is 0.499. The number of rotatable bonds is 5. The fraction of sp³-hybridized carbons (Fsp3) is 0.333. The summed E-state index contributed by atoms with van der Waals surface area (Å²) in [4.78, 5) is 32.2. The number of hydrogen-bond donors (Lipinski definition) is 1. The van der Waals surface area contributed by atoms with E-state index >= 15 is 0 Å². The number of amides is 2. The van der Waals surface area contributed by atoms with E-state index < -0.39 is 11.6 Å². The van der Waals surface area contributed by atoms with Gasteiger partial charge < -0.3 is 19.9 Å². The van der Waals surface area contributed by atoms with Gasteiger partial charge in [-0.05, 0) is 50.1 Å². The summed E-state index contributed by atoms with van der Waals surface area (Å²) in [6, 6.07) is 24.8. The lowest BCUT2D eigenvalue weighted by atomic mass is 9.99. The SMILES string of the molecule is COc1ccc(CN2C(=O)C3CSC(c4ccccc4)N3c3ccccc3C2C(=O)NC(C)(C)C)cc1. The average molecular weight is 516 g/mol. The van der Waals surface area contributed by atoms with Crippen molar-refractivity contribution in [2.24, 2.45) is 0 Å². The molecule has 37 heavy (non-hydrogen) atoms. The number of fused-ring (bicyclic) bond motifs is 3. The first-order chi connectivity index (χ1) is 17.8. The Morgan fingerprint density at radius 2 is 1.68 bits per heavy atom. The van der Waals surface area contributed by atoms with Crippen LogP contribution < -0.4 is 15.0 Å². The summed E-state index contributed by atoms with van der Waals surface area (Å²) in [6.07, 6.45) is 0. The highest BCUT2D eigenvalue weighted by atomic mass is 32.2. The molecule has 6 nitrogen and oxygen atoms in total. The molecule has 3 atom stereocenters. The molecule has 3 aromatic carbocycles. The average Bonchev–Trinajstić information content (AvgIpc) is 3.29. The minimum atomic E-state index is -0.753. The Kier molecular flexibility index (Phi) is 6.90. The van der Waals surface area contributed by atoms with Gasteiger partial charge >= 0.3 is 0 Å². The molecule has 2 heterocycles. The van der Waals surface area contributed by atoms with Crippen molar-refractivity contribution in [3.63, 3.8) is 0 Å². The normalized spacial score (nSPS) is 21.2. The first-order valence-corrected chi connectivity index (χ1v) is 13.6. The van der Waals surface area contributed by atoms with Crippen molar-refractivity contribution in [1.29, 1.82) is 0 Å². The van der Waals surface area contributed by atoms with Crippen molar-refractivity contribution >= 4 is 29.3 Å². The molecule has 0 bridgehead atoms. The Hall–Kier alpha value is -3.45. The monoisotopic (exact) mass is 515 g/mol. The Labute approximate surface area is 223 Å². The summed E-state index contributed by atoms with van der Waals surface area (Å²) in [6.45, 7) is 6.21. The predicted octanol–water partition coefficient (Wildman–Crippen LogP) is 5.31. The van der Waals surface area contributed by atoms with Gasteiger partial charge in [-0.1, -0.05) is 60.7 Å². The van der Waals surface area contributed by atoms with Crippen molar-refractivity contribution in [1.82, 2.24) is 10.2 Å². The van der Waals surface area contributed by atoms with E-state index in [1.54, 1.807) is 23.8 Å². The standard InChI is InChI=1S/C30H33N3O3S/c1-30(2,3)31-27(34)26-23-12-8-9-13-24(23)33-25(19-37-29(33)21-10-6-5-7-11-21)28(35)32(26)18-20-14-16-22(36-4)17-15-20/h5-17,25-26,29H,18-19H2,1-4H3,(H,31,34). The third-order valence-electron chi connectivity index (χ3n) is 6.73. The van der Waals surface area contributed by atoms with Gasteiger partial charge in [-0.15, -0.1) is 11.8 Å². The van der Waals surface area contributed by atoms with Crippen LogP contribution >= 0.6 is 11.8 Å². The Morgan fingerprint density at radius 3 is 2.35 bits per heavy atom. The topological polar surface area (TPSA) is 61.9 Å². The molecule has 2 aliphatic heterocycles. The lowest BCUT2D eigenvalue weighted by Gasteiger charge is -2.33. The minimum Gasteiger partial charge on any atom is -0.497 e. The summed E-state index contributed by atoms with van der Waals surface area (Å²) < 4.78 is 5.32. The number of para-hydroxylation sites is 1. The lowest BCUT2D eigenvalue weighted by molar-refractivity contribution is -0.142. The van der Waals surface area contributed by atoms with Crippen LogP contribution in [0.25, 0.3) is 0 Å². The van der Waals surface area contributed by atoms with E-state index in [1.807, 2.05) is 87.5 Å². The number of carbonyl (C=O) groups excluding carboxylic acids is 2. The highest BCUT2D eigenvalue weighted by Gasteiger charge is 2.48. The van der Waals surface area contributed by atoms with Crippen molar-refractivity contribution in [3.8, 4) is 5.75 Å². The molecule has 0 aliphatic carbocycles. The Morgan fingerprint density at radius 1 is 1.00 bits per heavy atom. The molecule has 2 amide bonds. The molecule has 0 radical (unpaired) electrons. The van der Waals surface area contributed by atoms with Gasteiger partial charge in [0.1, 0.15) is 23.2 Å². The number of methoxy groups -OCH3 is 1. The minimum absolute atomic E-state index is 0.0106. The maximum absolute atomic E-state index is 14.3. The molecule has 3 unspecified atom stereocenters. The second-order valence-electron chi connectivity index (χ2n) is 10.5. The molecule has 2 aliphatic rings. The van der Waals surface area contributed by atoms with Gasteiger partial charge in [0.25, 0.3) is 0 Å².